The third kappa shape index (κ3) is 3.95. The Balaban J connectivity index is 2.42. The van der Waals surface area contributed by atoms with E-state index in [0.29, 0.717) is 6.04 Å². The molecular weight excluding hydrogens is 280 g/mol. The first-order valence-corrected chi connectivity index (χ1v) is 7.72. The molecule has 1 rings (SSSR count). The summed E-state index contributed by atoms with van der Waals surface area (Å²) in [5.74, 6) is 0.269. The highest BCUT2D eigenvalue weighted by Gasteiger charge is 2.27. The van der Waals surface area contributed by atoms with Gasteiger partial charge in [0.25, 0.3) is 0 Å². The van der Waals surface area contributed by atoms with E-state index in [4.69, 9.17) is 0 Å². The van der Waals surface area contributed by atoms with Crippen molar-refractivity contribution in [2.45, 2.75) is 50.9 Å². The van der Waals surface area contributed by atoms with E-state index in [1.807, 2.05) is 11.8 Å². The van der Waals surface area contributed by atoms with Crippen LogP contribution in [0.4, 0.5) is 0 Å². The maximum atomic E-state index is 12.0. The molecule has 1 atom stereocenters. The molecule has 1 aliphatic rings. The predicted molar refractivity (Wildman–Crippen MR) is 75.5 cm³/mol. The molecule has 0 aliphatic carbocycles. The molecule has 0 N–H and O–H groups in total. The summed E-state index contributed by atoms with van der Waals surface area (Å²) in [6.07, 6.45) is 3.11. The molecule has 0 spiro atoms. The van der Waals surface area contributed by atoms with E-state index in [-0.39, 0.29) is 10.7 Å². The smallest absolute Gasteiger partial charge is 0.236 e. The lowest BCUT2D eigenvalue weighted by Crippen LogP contribution is -2.48. The van der Waals surface area contributed by atoms with Gasteiger partial charge in [-0.25, -0.2) is 0 Å². The van der Waals surface area contributed by atoms with Crippen molar-refractivity contribution in [3.63, 3.8) is 0 Å². The van der Waals surface area contributed by atoms with E-state index >= 15 is 0 Å². The minimum atomic E-state index is 0.00695. The van der Waals surface area contributed by atoms with Crippen molar-refractivity contribution < 1.29 is 4.79 Å². The summed E-state index contributed by atoms with van der Waals surface area (Å²) in [5, 5.41) is 0. The molecule has 1 unspecified atom stereocenters. The number of hydrogen-bond acceptors (Lipinski definition) is 2. The van der Waals surface area contributed by atoms with E-state index < -0.39 is 0 Å². The number of halogens is 1. The van der Waals surface area contributed by atoms with Crippen LogP contribution in [-0.2, 0) is 4.79 Å². The lowest BCUT2D eigenvalue weighted by atomic mass is 10.0. The van der Waals surface area contributed by atoms with Crippen LogP contribution >= 0.6 is 15.9 Å². The van der Waals surface area contributed by atoms with Gasteiger partial charge < -0.3 is 9.80 Å². The number of rotatable bonds is 5. The summed E-state index contributed by atoms with van der Waals surface area (Å²) in [6.45, 7) is 10.5. The number of nitrogens with zero attached hydrogens (tertiary/aromatic N) is 2. The Kier molecular flexibility index (Phi) is 6.49. The Bertz CT molecular complexity index is 236. The first-order valence-electron chi connectivity index (χ1n) is 6.80. The summed E-state index contributed by atoms with van der Waals surface area (Å²) < 4.78 is 0. The zero-order valence-electron chi connectivity index (χ0n) is 11.3. The number of amides is 1. The topological polar surface area (TPSA) is 23.6 Å². The molecule has 1 saturated heterocycles. The monoisotopic (exact) mass is 304 g/mol. The number of likely N-dealkylation sites (tertiary alicyclic amines) is 1. The van der Waals surface area contributed by atoms with Gasteiger partial charge in [0.15, 0.2) is 0 Å². The summed E-state index contributed by atoms with van der Waals surface area (Å²) >= 11 is 3.45. The molecule has 17 heavy (non-hydrogen) atoms. The maximum absolute atomic E-state index is 12.0. The molecular formula is C13H25BrN2O. The summed E-state index contributed by atoms with van der Waals surface area (Å²) in [7, 11) is 0. The second-order valence-corrected chi connectivity index (χ2v) is 5.76. The van der Waals surface area contributed by atoms with Crippen molar-refractivity contribution in [2.24, 2.45) is 0 Å². The van der Waals surface area contributed by atoms with Crippen molar-refractivity contribution in [3.8, 4) is 0 Å². The number of piperidine rings is 1. The average molecular weight is 305 g/mol. The van der Waals surface area contributed by atoms with Crippen molar-refractivity contribution in [1.82, 2.24) is 9.80 Å². The Morgan fingerprint density at radius 3 is 2.24 bits per heavy atom. The fraction of sp³-hybridized carbons (Fsp3) is 0.923. The molecule has 1 amide bonds. The van der Waals surface area contributed by atoms with E-state index in [9.17, 15) is 4.79 Å². The van der Waals surface area contributed by atoms with Gasteiger partial charge in [-0.15, -0.1) is 0 Å². The molecule has 0 bridgehead atoms. The maximum Gasteiger partial charge on any atom is 0.236 e. The minimum Gasteiger partial charge on any atom is -0.342 e. The largest absolute Gasteiger partial charge is 0.342 e. The van der Waals surface area contributed by atoms with Gasteiger partial charge in [-0.3, -0.25) is 4.79 Å². The minimum absolute atomic E-state index is 0.00695. The summed E-state index contributed by atoms with van der Waals surface area (Å²) in [5.41, 5.74) is 0. The Labute approximate surface area is 114 Å². The van der Waals surface area contributed by atoms with Crippen LogP contribution in [0.3, 0.4) is 0 Å². The van der Waals surface area contributed by atoms with Crippen LogP contribution in [0.15, 0.2) is 0 Å². The van der Waals surface area contributed by atoms with Crippen LogP contribution in [0.5, 0.6) is 0 Å². The number of carbonyl (C=O) groups excluding carboxylic acids is 1. The number of hydrogen-bond donors (Lipinski definition) is 0. The summed E-state index contributed by atoms with van der Waals surface area (Å²) in [6, 6.07) is 0.671. The van der Waals surface area contributed by atoms with Gasteiger partial charge in [0.2, 0.25) is 5.91 Å². The Hall–Kier alpha value is -0.0900. The predicted octanol–water partition coefficient (Wildman–Crippen LogP) is 2.49. The van der Waals surface area contributed by atoms with Crippen molar-refractivity contribution in [2.75, 3.05) is 26.2 Å². The molecule has 0 saturated carbocycles. The zero-order chi connectivity index (χ0) is 12.8. The highest BCUT2D eigenvalue weighted by atomic mass is 79.9. The number of carbonyl (C=O) groups is 1. The molecule has 100 valence electrons. The van der Waals surface area contributed by atoms with E-state index in [2.05, 4.69) is 34.7 Å². The standard InChI is InChI=1S/C13H25BrN2O/c1-4-12(14)13(17)16-9-7-11(8-10-16)15(5-2)6-3/h11-12H,4-10H2,1-3H3. The van der Waals surface area contributed by atoms with Crippen LogP contribution in [0.1, 0.15) is 40.0 Å². The fourth-order valence-electron chi connectivity index (χ4n) is 2.56. The molecule has 1 fully saturated rings. The Morgan fingerprint density at radius 1 is 1.29 bits per heavy atom. The van der Waals surface area contributed by atoms with Gasteiger partial charge in [0.1, 0.15) is 0 Å². The lowest BCUT2D eigenvalue weighted by molar-refractivity contribution is -0.132. The van der Waals surface area contributed by atoms with Crippen molar-refractivity contribution in [3.05, 3.63) is 0 Å². The highest BCUT2D eigenvalue weighted by Crippen LogP contribution is 2.19. The van der Waals surface area contributed by atoms with Crippen molar-refractivity contribution in [1.29, 1.82) is 0 Å². The first kappa shape index (κ1) is 15.0. The van der Waals surface area contributed by atoms with E-state index in [0.717, 1.165) is 45.4 Å². The molecule has 1 heterocycles. The van der Waals surface area contributed by atoms with Crippen LogP contribution in [-0.4, -0.2) is 52.8 Å². The van der Waals surface area contributed by atoms with Crippen molar-refractivity contribution >= 4 is 21.8 Å². The zero-order valence-corrected chi connectivity index (χ0v) is 12.9. The summed E-state index contributed by atoms with van der Waals surface area (Å²) in [4.78, 5) is 16.5. The van der Waals surface area contributed by atoms with Gasteiger partial charge >= 0.3 is 0 Å². The second-order valence-electron chi connectivity index (χ2n) is 4.65. The highest BCUT2D eigenvalue weighted by molar-refractivity contribution is 9.10. The van der Waals surface area contributed by atoms with Gasteiger partial charge in [-0.2, -0.15) is 0 Å². The molecule has 0 aromatic heterocycles. The quantitative estimate of drug-likeness (QED) is 0.729. The Morgan fingerprint density at radius 2 is 1.82 bits per heavy atom. The van der Waals surface area contributed by atoms with Gasteiger partial charge in [-0.05, 0) is 32.4 Å². The molecule has 1 aliphatic heterocycles. The third-order valence-corrected chi connectivity index (χ3v) is 4.77. The molecule has 0 aromatic rings. The van der Waals surface area contributed by atoms with Gasteiger partial charge in [-0.1, -0.05) is 36.7 Å². The fourth-order valence-corrected chi connectivity index (χ4v) is 2.85. The second kappa shape index (κ2) is 7.37. The molecule has 3 nitrogen and oxygen atoms in total. The third-order valence-electron chi connectivity index (χ3n) is 3.73. The average Bonchev–Trinajstić information content (AvgIpc) is 2.39. The molecule has 0 radical (unpaired) electrons. The van der Waals surface area contributed by atoms with Gasteiger partial charge in [0, 0.05) is 19.1 Å². The van der Waals surface area contributed by atoms with E-state index in [1.54, 1.807) is 0 Å². The van der Waals surface area contributed by atoms with Crippen LogP contribution in [0.25, 0.3) is 0 Å². The van der Waals surface area contributed by atoms with Gasteiger partial charge in [0.05, 0.1) is 4.83 Å². The van der Waals surface area contributed by atoms with E-state index in [1.165, 1.54) is 0 Å². The van der Waals surface area contributed by atoms with Crippen LogP contribution < -0.4 is 0 Å². The van der Waals surface area contributed by atoms with Crippen LogP contribution in [0, 0.1) is 0 Å². The number of alkyl halides is 1. The first-order chi connectivity index (χ1) is 8.13. The molecule has 0 aromatic carbocycles. The normalized spacial score (nSPS) is 19.7. The lowest BCUT2D eigenvalue weighted by Gasteiger charge is -2.38. The molecule has 4 heteroatoms. The van der Waals surface area contributed by atoms with Crippen LogP contribution in [0.2, 0.25) is 0 Å². The SMILES string of the molecule is CCC(Br)C(=O)N1CCC(N(CC)CC)CC1.